The van der Waals surface area contributed by atoms with Crippen molar-refractivity contribution in [2.45, 2.75) is 18.9 Å². The molecule has 0 atom stereocenters. The van der Waals surface area contributed by atoms with Crippen LogP contribution in [0, 0.1) is 0 Å². The zero-order chi connectivity index (χ0) is 12.4. The van der Waals surface area contributed by atoms with Gasteiger partial charge in [0.05, 0.1) is 0 Å². The summed E-state index contributed by atoms with van der Waals surface area (Å²) in [5, 5.41) is 14.8. The average molecular weight is 263 g/mol. The molecule has 96 valence electrons. The van der Waals surface area contributed by atoms with Crippen molar-refractivity contribution < 1.29 is 0 Å². The number of piperidine rings is 1. The van der Waals surface area contributed by atoms with Gasteiger partial charge in [-0.3, -0.25) is 5.10 Å². The summed E-state index contributed by atoms with van der Waals surface area (Å²) >= 11 is 1.67. The van der Waals surface area contributed by atoms with Crippen LogP contribution >= 0.6 is 11.3 Å². The summed E-state index contributed by atoms with van der Waals surface area (Å²) in [7, 11) is 2.03. The zero-order valence-corrected chi connectivity index (χ0v) is 11.2. The first kappa shape index (κ1) is 11.7. The van der Waals surface area contributed by atoms with E-state index in [2.05, 4.69) is 42.2 Å². The van der Waals surface area contributed by atoms with E-state index >= 15 is 0 Å². The fourth-order valence-electron chi connectivity index (χ4n) is 2.29. The van der Waals surface area contributed by atoms with E-state index in [4.69, 9.17) is 0 Å². The Balaban J connectivity index is 1.71. The molecule has 0 saturated carbocycles. The van der Waals surface area contributed by atoms with Gasteiger partial charge in [0.2, 0.25) is 5.95 Å². The Kier molecular flexibility index (Phi) is 3.29. The molecule has 0 unspecified atom stereocenters. The normalized spacial score (nSPS) is 17.3. The fourth-order valence-corrected chi connectivity index (χ4v) is 2.93. The lowest BCUT2D eigenvalue weighted by atomic mass is 10.1. The largest absolute Gasteiger partial charge is 0.339 e. The van der Waals surface area contributed by atoms with E-state index in [1.165, 1.54) is 0 Å². The van der Waals surface area contributed by atoms with Crippen LogP contribution in [0.25, 0.3) is 11.4 Å². The van der Waals surface area contributed by atoms with E-state index in [0.717, 1.165) is 43.3 Å². The first-order valence-electron chi connectivity index (χ1n) is 6.24. The van der Waals surface area contributed by atoms with Crippen molar-refractivity contribution in [3.63, 3.8) is 0 Å². The van der Waals surface area contributed by atoms with Crippen molar-refractivity contribution in [2.24, 2.45) is 0 Å². The van der Waals surface area contributed by atoms with E-state index in [1.54, 1.807) is 11.3 Å². The summed E-state index contributed by atoms with van der Waals surface area (Å²) < 4.78 is 0. The third-order valence-corrected chi connectivity index (χ3v) is 4.14. The Labute approximate surface area is 110 Å². The van der Waals surface area contributed by atoms with E-state index in [9.17, 15) is 0 Å². The number of anilines is 1. The Morgan fingerprint density at radius 3 is 2.94 bits per heavy atom. The minimum Gasteiger partial charge on any atom is -0.339 e. The number of H-pyrrole nitrogens is 1. The highest BCUT2D eigenvalue weighted by molar-refractivity contribution is 7.08. The van der Waals surface area contributed by atoms with Gasteiger partial charge in [0.15, 0.2) is 5.82 Å². The average Bonchev–Trinajstić information content (AvgIpc) is 3.09. The van der Waals surface area contributed by atoms with Crippen molar-refractivity contribution in [3.05, 3.63) is 16.8 Å². The highest BCUT2D eigenvalue weighted by Gasteiger charge is 2.20. The Morgan fingerprint density at radius 1 is 1.44 bits per heavy atom. The monoisotopic (exact) mass is 263 g/mol. The minimum absolute atomic E-state index is 0.636. The Hall–Kier alpha value is -1.40. The molecule has 0 aromatic carbocycles. The van der Waals surface area contributed by atoms with Gasteiger partial charge in [-0.05, 0) is 31.3 Å². The van der Waals surface area contributed by atoms with Crippen molar-refractivity contribution in [2.75, 3.05) is 25.0 Å². The second kappa shape index (κ2) is 5.07. The molecule has 0 spiro atoms. The van der Waals surface area contributed by atoms with E-state index in [-0.39, 0.29) is 0 Å². The van der Waals surface area contributed by atoms with Crippen LogP contribution in [0.1, 0.15) is 12.8 Å². The number of rotatable bonds is 3. The number of nitrogens with zero attached hydrogens (tertiary/aromatic N) is 3. The van der Waals surface area contributed by atoms with E-state index < -0.39 is 0 Å². The maximum Gasteiger partial charge on any atom is 0.245 e. The van der Waals surface area contributed by atoms with Gasteiger partial charge in [0, 0.05) is 30.1 Å². The molecule has 2 aromatic rings. The zero-order valence-electron chi connectivity index (χ0n) is 10.4. The third kappa shape index (κ3) is 2.26. The molecule has 3 heterocycles. The highest BCUT2D eigenvalue weighted by Crippen LogP contribution is 2.21. The number of hydrogen-bond acceptors (Lipinski definition) is 5. The van der Waals surface area contributed by atoms with Crippen LogP contribution in [0.15, 0.2) is 16.8 Å². The second-order valence-electron chi connectivity index (χ2n) is 4.55. The molecule has 5 nitrogen and oxygen atoms in total. The number of thiophene rings is 1. The highest BCUT2D eigenvalue weighted by atomic mass is 32.1. The predicted molar refractivity (Wildman–Crippen MR) is 74.0 cm³/mol. The fraction of sp³-hybridized carbons (Fsp3) is 0.500. The van der Waals surface area contributed by atoms with Gasteiger partial charge in [0.25, 0.3) is 0 Å². The minimum atomic E-state index is 0.636. The maximum atomic E-state index is 4.57. The van der Waals surface area contributed by atoms with Gasteiger partial charge in [-0.2, -0.15) is 16.3 Å². The standard InChI is InChI=1S/C12H17N5S/c1-13-10-2-5-17(6-3-10)12-14-11(15-16-12)9-4-7-18-8-9/h4,7-8,10,13H,2-3,5-6H2,1H3,(H,14,15,16). The van der Waals surface area contributed by atoms with Crippen LogP contribution in [-0.2, 0) is 0 Å². The Morgan fingerprint density at radius 2 is 2.28 bits per heavy atom. The molecule has 0 aliphatic carbocycles. The number of nitrogens with one attached hydrogen (secondary N) is 2. The lowest BCUT2D eigenvalue weighted by Gasteiger charge is -2.30. The maximum absolute atomic E-state index is 4.57. The summed E-state index contributed by atoms with van der Waals surface area (Å²) in [5.74, 6) is 1.69. The molecule has 1 fully saturated rings. The van der Waals surface area contributed by atoms with Gasteiger partial charge >= 0.3 is 0 Å². The van der Waals surface area contributed by atoms with E-state index in [0.29, 0.717) is 6.04 Å². The summed E-state index contributed by atoms with van der Waals surface area (Å²) in [6, 6.07) is 2.69. The molecule has 1 aliphatic heterocycles. The van der Waals surface area contributed by atoms with Gasteiger partial charge in [0.1, 0.15) is 0 Å². The van der Waals surface area contributed by atoms with Gasteiger partial charge in [-0.25, -0.2) is 0 Å². The molecule has 1 saturated heterocycles. The quantitative estimate of drug-likeness (QED) is 0.885. The van der Waals surface area contributed by atoms with Crippen LogP contribution < -0.4 is 10.2 Å². The molecule has 0 amide bonds. The molecule has 2 N–H and O–H groups in total. The summed E-state index contributed by atoms with van der Waals surface area (Å²) in [6.45, 7) is 2.04. The first-order chi connectivity index (χ1) is 8.86. The summed E-state index contributed by atoms with van der Waals surface area (Å²) in [5.41, 5.74) is 1.11. The molecular weight excluding hydrogens is 246 g/mol. The lowest BCUT2D eigenvalue weighted by Crippen LogP contribution is -2.41. The molecule has 18 heavy (non-hydrogen) atoms. The molecule has 6 heteroatoms. The van der Waals surface area contributed by atoms with Crippen LogP contribution in [0.5, 0.6) is 0 Å². The van der Waals surface area contributed by atoms with Gasteiger partial charge < -0.3 is 10.2 Å². The van der Waals surface area contributed by atoms with Crippen molar-refractivity contribution in [1.82, 2.24) is 20.5 Å². The van der Waals surface area contributed by atoms with Crippen molar-refractivity contribution in [3.8, 4) is 11.4 Å². The third-order valence-electron chi connectivity index (χ3n) is 3.45. The van der Waals surface area contributed by atoms with E-state index in [1.807, 2.05) is 7.05 Å². The summed E-state index contributed by atoms with van der Waals surface area (Å²) in [4.78, 5) is 6.82. The molecule has 1 aliphatic rings. The van der Waals surface area contributed by atoms with Crippen LogP contribution in [0.3, 0.4) is 0 Å². The number of aromatic amines is 1. The Bertz CT molecular complexity index is 484. The molecule has 3 rings (SSSR count). The number of hydrogen-bond donors (Lipinski definition) is 2. The van der Waals surface area contributed by atoms with Crippen LogP contribution in [-0.4, -0.2) is 41.4 Å². The van der Waals surface area contributed by atoms with Crippen LogP contribution in [0.2, 0.25) is 0 Å². The first-order valence-corrected chi connectivity index (χ1v) is 7.18. The van der Waals surface area contributed by atoms with Crippen LogP contribution in [0.4, 0.5) is 5.95 Å². The second-order valence-corrected chi connectivity index (χ2v) is 5.33. The molecule has 0 bridgehead atoms. The predicted octanol–water partition coefficient (Wildman–Crippen LogP) is 1.72. The molecular formula is C12H17N5S. The lowest BCUT2D eigenvalue weighted by molar-refractivity contribution is 0.439. The van der Waals surface area contributed by atoms with Crippen molar-refractivity contribution >= 4 is 17.3 Å². The number of aromatic nitrogens is 3. The smallest absolute Gasteiger partial charge is 0.245 e. The molecule has 2 aromatic heterocycles. The topological polar surface area (TPSA) is 56.8 Å². The van der Waals surface area contributed by atoms with Gasteiger partial charge in [-0.15, -0.1) is 5.10 Å². The SMILES string of the molecule is CNC1CCN(c2n[nH]c(-c3ccsc3)n2)CC1. The summed E-state index contributed by atoms with van der Waals surface area (Å²) in [6.07, 6.45) is 2.30. The van der Waals surface area contributed by atoms with Crippen molar-refractivity contribution in [1.29, 1.82) is 0 Å². The van der Waals surface area contributed by atoms with Gasteiger partial charge in [-0.1, -0.05) is 0 Å². The molecule has 0 radical (unpaired) electrons.